The Balaban J connectivity index is 1.68. The molecule has 4 heteroatoms. The Morgan fingerprint density at radius 1 is 0.857 bits per heavy atom. The van der Waals surface area contributed by atoms with Crippen molar-refractivity contribution < 1.29 is 9.59 Å². The van der Waals surface area contributed by atoms with E-state index in [0.717, 1.165) is 31.5 Å². The zero-order valence-electron chi connectivity index (χ0n) is 16.3. The maximum atomic E-state index is 13.3. The van der Waals surface area contributed by atoms with E-state index in [0.29, 0.717) is 11.3 Å². The second-order valence-corrected chi connectivity index (χ2v) is 7.67. The molecule has 28 heavy (non-hydrogen) atoms. The molecule has 2 aliphatic rings. The van der Waals surface area contributed by atoms with Gasteiger partial charge >= 0.3 is 0 Å². The zero-order valence-corrected chi connectivity index (χ0v) is 16.3. The summed E-state index contributed by atoms with van der Waals surface area (Å²) in [6.07, 6.45) is 7.00. The van der Waals surface area contributed by atoms with Crippen molar-refractivity contribution in [2.45, 2.75) is 45.1 Å². The van der Waals surface area contributed by atoms with Crippen LogP contribution in [0.4, 0.5) is 11.4 Å². The second kappa shape index (κ2) is 8.01. The largest absolute Gasteiger partial charge is 0.364 e. The summed E-state index contributed by atoms with van der Waals surface area (Å²) in [5, 5.41) is 0. The minimum Gasteiger partial charge on any atom is -0.364 e. The van der Waals surface area contributed by atoms with Crippen molar-refractivity contribution in [3.8, 4) is 0 Å². The molecule has 0 radical (unpaired) electrons. The van der Waals surface area contributed by atoms with E-state index in [1.807, 2.05) is 30.3 Å². The number of aryl methyl sites for hydroxylation is 1. The fourth-order valence-electron chi connectivity index (χ4n) is 4.27. The molecule has 4 rings (SSSR count). The molecule has 1 unspecified atom stereocenters. The van der Waals surface area contributed by atoms with E-state index in [4.69, 9.17) is 0 Å². The average Bonchev–Trinajstić information content (AvgIpc) is 2.96. The van der Waals surface area contributed by atoms with Gasteiger partial charge in [-0.1, -0.05) is 49.6 Å². The first-order valence-electron chi connectivity index (χ1n) is 10.1. The summed E-state index contributed by atoms with van der Waals surface area (Å²) in [6, 6.07) is 17.6. The normalized spacial score (nSPS) is 20.8. The third-order valence-corrected chi connectivity index (χ3v) is 5.66. The topological polar surface area (TPSA) is 40.6 Å². The summed E-state index contributed by atoms with van der Waals surface area (Å²) in [6.45, 7) is 2.99. The predicted octanol–water partition coefficient (Wildman–Crippen LogP) is 4.63. The van der Waals surface area contributed by atoms with Gasteiger partial charge in [0, 0.05) is 23.9 Å². The number of anilines is 2. The molecule has 1 fully saturated rings. The second-order valence-electron chi connectivity index (χ2n) is 7.67. The van der Waals surface area contributed by atoms with E-state index in [-0.39, 0.29) is 17.9 Å². The molecule has 0 spiro atoms. The number of imide groups is 1. The van der Waals surface area contributed by atoms with Crippen LogP contribution in [0.3, 0.4) is 0 Å². The maximum absolute atomic E-state index is 13.3. The summed E-state index contributed by atoms with van der Waals surface area (Å²) >= 11 is 0. The SMILES string of the molecule is Cc1cccc(N2CCCCCCC2C2=CC(=O)N(c3ccccc3)C2=O)c1. The number of hydrogen-bond donors (Lipinski definition) is 0. The highest BCUT2D eigenvalue weighted by molar-refractivity contribution is 6.31. The Morgan fingerprint density at radius 3 is 2.39 bits per heavy atom. The van der Waals surface area contributed by atoms with Crippen molar-refractivity contribution in [2.75, 3.05) is 16.3 Å². The molecule has 1 saturated heterocycles. The Labute approximate surface area is 166 Å². The standard InChI is InChI=1S/C24H26N2O2/c1-18-10-9-13-20(16-18)25-15-8-3-2-7-14-22(25)21-17-23(27)26(24(21)28)19-11-5-4-6-12-19/h4-6,9-13,16-17,22H,2-3,7-8,14-15H2,1H3. The fraction of sp³-hybridized carbons (Fsp3) is 0.333. The first-order valence-corrected chi connectivity index (χ1v) is 10.1. The van der Waals surface area contributed by atoms with Gasteiger partial charge in [0.1, 0.15) is 0 Å². The van der Waals surface area contributed by atoms with Gasteiger partial charge in [-0.05, 0) is 49.6 Å². The van der Waals surface area contributed by atoms with Gasteiger partial charge in [-0.15, -0.1) is 0 Å². The molecule has 0 bridgehead atoms. The number of carbonyl (C=O) groups is 2. The molecule has 144 valence electrons. The van der Waals surface area contributed by atoms with Crippen LogP contribution in [0.25, 0.3) is 0 Å². The minimum atomic E-state index is -0.238. The number of nitrogens with zero attached hydrogens (tertiary/aromatic N) is 2. The molecule has 2 aliphatic heterocycles. The first-order chi connectivity index (χ1) is 13.6. The molecule has 0 saturated carbocycles. The lowest BCUT2D eigenvalue weighted by atomic mass is 9.94. The smallest absolute Gasteiger partial charge is 0.263 e. The zero-order chi connectivity index (χ0) is 19.5. The summed E-state index contributed by atoms with van der Waals surface area (Å²) in [5.41, 5.74) is 3.59. The lowest BCUT2D eigenvalue weighted by molar-refractivity contribution is -0.120. The molecule has 2 aromatic rings. The van der Waals surface area contributed by atoms with Gasteiger partial charge in [0.05, 0.1) is 11.7 Å². The van der Waals surface area contributed by atoms with Crippen LogP contribution in [0, 0.1) is 6.92 Å². The molecule has 2 heterocycles. The van der Waals surface area contributed by atoms with Gasteiger partial charge in [-0.25, -0.2) is 4.90 Å². The monoisotopic (exact) mass is 374 g/mol. The number of benzene rings is 2. The Hall–Kier alpha value is -2.88. The van der Waals surface area contributed by atoms with Gasteiger partial charge in [-0.3, -0.25) is 9.59 Å². The third-order valence-electron chi connectivity index (χ3n) is 5.66. The van der Waals surface area contributed by atoms with Crippen LogP contribution in [-0.4, -0.2) is 24.4 Å². The Morgan fingerprint density at radius 2 is 1.61 bits per heavy atom. The van der Waals surface area contributed by atoms with E-state index < -0.39 is 0 Å². The lowest BCUT2D eigenvalue weighted by Gasteiger charge is -2.36. The van der Waals surface area contributed by atoms with Crippen LogP contribution < -0.4 is 9.80 Å². The summed E-state index contributed by atoms with van der Waals surface area (Å²) in [5.74, 6) is -0.420. The minimum absolute atomic E-state index is 0.0627. The van der Waals surface area contributed by atoms with Crippen LogP contribution in [0.1, 0.15) is 37.7 Å². The van der Waals surface area contributed by atoms with Gasteiger partial charge in [0.15, 0.2) is 0 Å². The van der Waals surface area contributed by atoms with E-state index in [1.165, 1.54) is 23.3 Å². The number of rotatable bonds is 3. The van der Waals surface area contributed by atoms with Gasteiger partial charge in [-0.2, -0.15) is 0 Å². The van der Waals surface area contributed by atoms with Crippen molar-refractivity contribution in [3.05, 3.63) is 71.8 Å². The van der Waals surface area contributed by atoms with Gasteiger partial charge < -0.3 is 4.90 Å². The quantitative estimate of drug-likeness (QED) is 0.735. The van der Waals surface area contributed by atoms with Crippen molar-refractivity contribution in [2.24, 2.45) is 0 Å². The molecule has 4 nitrogen and oxygen atoms in total. The number of para-hydroxylation sites is 1. The molecule has 0 aliphatic carbocycles. The van der Waals surface area contributed by atoms with E-state index >= 15 is 0 Å². The first kappa shape index (κ1) is 18.5. The highest BCUT2D eigenvalue weighted by atomic mass is 16.2. The van der Waals surface area contributed by atoms with Gasteiger partial charge in [0.2, 0.25) is 0 Å². The number of amides is 2. The van der Waals surface area contributed by atoms with E-state index in [2.05, 4.69) is 36.1 Å². The molecule has 0 N–H and O–H groups in total. The van der Waals surface area contributed by atoms with Crippen LogP contribution in [0.5, 0.6) is 0 Å². The number of hydrogen-bond acceptors (Lipinski definition) is 3. The van der Waals surface area contributed by atoms with E-state index in [9.17, 15) is 9.59 Å². The summed E-state index contributed by atoms with van der Waals surface area (Å²) in [7, 11) is 0. The van der Waals surface area contributed by atoms with Crippen molar-refractivity contribution >= 4 is 23.2 Å². The third kappa shape index (κ3) is 3.59. The molecule has 1 atom stereocenters. The van der Waals surface area contributed by atoms with Crippen LogP contribution in [0.2, 0.25) is 0 Å². The molecular weight excluding hydrogens is 348 g/mol. The van der Waals surface area contributed by atoms with Crippen LogP contribution in [-0.2, 0) is 9.59 Å². The van der Waals surface area contributed by atoms with Crippen molar-refractivity contribution in [3.63, 3.8) is 0 Å². The highest BCUT2D eigenvalue weighted by Crippen LogP contribution is 2.32. The fourth-order valence-corrected chi connectivity index (χ4v) is 4.27. The molecule has 2 amide bonds. The van der Waals surface area contributed by atoms with E-state index in [1.54, 1.807) is 6.08 Å². The molecule has 0 aromatic heterocycles. The van der Waals surface area contributed by atoms with Crippen molar-refractivity contribution in [1.29, 1.82) is 0 Å². The Kier molecular flexibility index (Phi) is 5.29. The molecular formula is C24H26N2O2. The maximum Gasteiger partial charge on any atom is 0.263 e. The lowest BCUT2D eigenvalue weighted by Crippen LogP contribution is -2.42. The molecule has 2 aromatic carbocycles. The summed E-state index contributed by atoms with van der Waals surface area (Å²) in [4.78, 5) is 29.6. The number of carbonyl (C=O) groups excluding carboxylic acids is 2. The van der Waals surface area contributed by atoms with Gasteiger partial charge in [0.25, 0.3) is 11.8 Å². The summed E-state index contributed by atoms with van der Waals surface area (Å²) < 4.78 is 0. The predicted molar refractivity (Wildman–Crippen MR) is 112 cm³/mol. The van der Waals surface area contributed by atoms with Crippen LogP contribution in [0.15, 0.2) is 66.2 Å². The highest BCUT2D eigenvalue weighted by Gasteiger charge is 2.38. The van der Waals surface area contributed by atoms with Crippen LogP contribution >= 0.6 is 0 Å². The average molecular weight is 374 g/mol. The van der Waals surface area contributed by atoms with Crippen molar-refractivity contribution in [1.82, 2.24) is 0 Å². The Bertz CT molecular complexity index is 904.